The first-order valence-electron chi connectivity index (χ1n) is 14.7. The van der Waals surface area contributed by atoms with E-state index in [-0.39, 0.29) is 19.4 Å². The van der Waals surface area contributed by atoms with Crippen molar-refractivity contribution in [2.75, 3.05) is 13.6 Å². The Morgan fingerprint density at radius 3 is 2.26 bits per heavy atom. The van der Waals surface area contributed by atoms with E-state index in [1.807, 2.05) is 9.44 Å². The molecule has 1 aromatic rings. The summed E-state index contributed by atoms with van der Waals surface area (Å²) in [5, 5.41) is 23.2. The number of para-hydroxylation sites is 1. The third kappa shape index (κ3) is 11.0. The lowest BCUT2D eigenvalue weighted by Crippen LogP contribution is -2.54. The second-order valence-corrected chi connectivity index (χ2v) is 15.5. The number of alkyl carbamates (subject to hydrolysis) is 1. The SMILES string of the molecule is C=C[C@@H]1C[C@@]1(NC(=O)OC(C)(C)C)C(=O)NS(=O)(=O)N(C)CCCCCCCC[C@H](NS(=O)(=O)c1ccccc1[N+](=O)[O-])C(=O)O. The number of aliphatic carboxylic acids is 1. The molecule has 3 atom stereocenters. The molecule has 0 spiro atoms. The normalized spacial score (nSPS) is 18.8. The zero-order valence-corrected chi connectivity index (χ0v) is 28.0. The zero-order chi connectivity index (χ0) is 34.9. The fraction of sp³-hybridized carbons (Fsp3) is 0.607. The van der Waals surface area contributed by atoms with Gasteiger partial charge in [0.05, 0.1) is 4.92 Å². The highest BCUT2D eigenvalue weighted by Gasteiger charge is 2.61. The van der Waals surface area contributed by atoms with Crippen LogP contribution in [0.1, 0.15) is 72.1 Å². The highest BCUT2D eigenvalue weighted by Crippen LogP contribution is 2.45. The topological polar surface area (TPSA) is 231 Å². The number of sulfonamides is 1. The predicted octanol–water partition coefficient (Wildman–Crippen LogP) is 2.82. The molecular weight excluding hydrogens is 646 g/mol. The van der Waals surface area contributed by atoms with Crippen molar-refractivity contribution >= 4 is 43.9 Å². The van der Waals surface area contributed by atoms with Crippen LogP contribution in [0.5, 0.6) is 0 Å². The van der Waals surface area contributed by atoms with Gasteiger partial charge in [0.2, 0.25) is 10.0 Å². The van der Waals surface area contributed by atoms with Crippen LogP contribution in [0.2, 0.25) is 0 Å². The Hall–Kier alpha value is -3.61. The second-order valence-electron chi connectivity index (χ2n) is 12.0. The van der Waals surface area contributed by atoms with Crippen molar-refractivity contribution in [2.45, 2.75) is 94.2 Å². The van der Waals surface area contributed by atoms with E-state index in [1.165, 1.54) is 25.3 Å². The maximum Gasteiger partial charge on any atom is 0.408 e. The maximum atomic E-state index is 12.9. The van der Waals surface area contributed by atoms with Crippen LogP contribution in [0.25, 0.3) is 0 Å². The van der Waals surface area contributed by atoms with Crippen LogP contribution in [-0.4, -0.2) is 79.9 Å². The van der Waals surface area contributed by atoms with Gasteiger partial charge in [-0.05, 0) is 46.1 Å². The summed E-state index contributed by atoms with van der Waals surface area (Å²) in [6.45, 7) is 8.71. The van der Waals surface area contributed by atoms with Gasteiger partial charge >= 0.3 is 22.3 Å². The van der Waals surface area contributed by atoms with Crippen LogP contribution in [0.4, 0.5) is 10.5 Å². The van der Waals surface area contributed by atoms with Gasteiger partial charge in [0.25, 0.3) is 11.6 Å². The van der Waals surface area contributed by atoms with E-state index < -0.39 is 76.8 Å². The van der Waals surface area contributed by atoms with Crippen molar-refractivity contribution in [1.29, 1.82) is 0 Å². The first kappa shape index (κ1) is 38.6. The number of hydrogen-bond acceptors (Lipinski definition) is 10. The zero-order valence-electron chi connectivity index (χ0n) is 26.4. The number of nitrogens with one attached hydrogen (secondary N) is 3. The monoisotopic (exact) mass is 689 g/mol. The highest BCUT2D eigenvalue weighted by molar-refractivity contribution is 7.89. The van der Waals surface area contributed by atoms with Gasteiger partial charge in [0.1, 0.15) is 17.2 Å². The number of nitro groups is 1. The number of carboxylic acid groups (broad SMARTS) is 1. The Balaban J connectivity index is 1.77. The smallest absolute Gasteiger partial charge is 0.408 e. The van der Waals surface area contributed by atoms with Crippen LogP contribution in [0.15, 0.2) is 41.8 Å². The molecule has 16 nitrogen and oxygen atoms in total. The summed E-state index contributed by atoms with van der Waals surface area (Å²) in [6, 6.07) is 3.17. The van der Waals surface area contributed by atoms with Crippen LogP contribution in [0, 0.1) is 16.0 Å². The number of hydrogen-bond donors (Lipinski definition) is 4. The first-order valence-corrected chi connectivity index (χ1v) is 17.6. The molecule has 0 saturated heterocycles. The Bertz CT molecular complexity index is 1510. The van der Waals surface area contributed by atoms with Crippen LogP contribution < -0.4 is 14.8 Å². The van der Waals surface area contributed by atoms with Crippen molar-refractivity contribution < 1.29 is 46.0 Å². The van der Waals surface area contributed by atoms with Crippen molar-refractivity contribution in [3.05, 3.63) is 47.0 Å². The number of carbonyl (C=O) groups excluding carboxylic acids is 2. The van der Waals surface area contributed by atoms with Gasteiger partial charge in [-0.2, -0.15) is 17.4 Å². The van der Waals surface area contributed by atoms with Crippen molar-refractivity contribution in [3.63, 3.8) is 0 Å². The molecule has 0 aromatic heterocycles. The minimum Gasteiger partial charge on any atom is -0.480 e. The summed E-state index contributed by atoms with van der Waals surface area (Å²) in [6.07, 6.45) is 4.13. The van der Waals surface area contributed by atoms with E-state index in [4.69, 9.17) is 4.74 Å². The van der Waals surface area contributed by atoms with Gasteiger partial charge in [-0.3, -0.25) is 19.7 Å². The summed E-state index contributed by atoms with van der Waals surface area (Å²) in [5.74, 6) is -2.76. The number of amides is 2. The number of rotatable bonds is 19. The fourth-order valence-corrected chi connectivity index (χ4v) is 6.97. The van der Waals surface area contributed by atoms with Crippen LogP contribution in [0.3, 0.4) is 0 Å². The standard InChI is InChI=1S/C28H43N5O11S2/c1-6-20-19-28(20,29-26(37)44-27(2,3)4)25(36)31-46(42,43)32(5)18-14-10-8-7-9-11-15-21(24(34)35)30-45(40,41)23-17-13-12-16-22(23)33(38)39/h6,12-13,16-17,20-21,30H,1,7-11,14-15,18-19H2,2-5H3,(H,29,37)(H,31,36)(H,34,35)/t20-,21+,28+/m1/s1. The number of nitrogens with zero attached hydrogens (tertiary/aromatic N) is 2. The van der Waals surface area contributed by atoms with Crippen LogP contribution >= 0.6 is 0 Å². The average molecular weight is 690 g/mol. The number of ether oxygens (including phenoxy) is 1. The van der Waals surface area contributed by atoms with E-state index in [2.05, 4.69) is 11.9 Å². The van der Waals surface area contributed by atoms with Gasteiger partial charge in [-0.15, -0.1) is 6.58 Å². The molecule has 46 heavy (non-hydrogen) atoms. The molecule has 1 aliphatic rings. The molecule has 1 aliphatic carbocycles. The van der Waals surface area contributed by atoms with Gasteiger partial charge < -0.3 is 15.2 Å². The lowest BCUT2D eigenvalue weighted by atomic mass is 10.1. The molecule has 0 heterocycles. The molecule has 1 aromatic carbocycles. The predicted molar refractivity (Wildman–Crippen MR) is 167 cm³/mol. The summed E-state index contributed by atoms with van der Waals surface area (Å²) < 4.78 is 61.2. The maximum absolute atomic E-state index is 12.9. The fourth-order valence-electron chi connectivity index (χ4n) is 4.63. The Morgan fingerprint density at radius 2 is 1.72 bits per heavy atom. The number of nitro benzene ring substituents is 1. The minimum atomic E-state index is -4.46. The molecule has 0 bridgehead atoms. The van der Waals surface area contributed by atoms with E-state index in [1.54, 1.807) is 20.8 Å². The quantitative estimate of drug-likeness (QED) is 0.0714. The van der Waals surface area contributed by atoms with Gasteiger partial charge in [0, 0.05) is 25.6 Å². The van der Waals surface area contributed by atoms with Crippen LogP contribution in [-0.2, 0) is 34.6 Å². The van der Waals surface area contributed by atoms with E-state index in [9.17, 15) is 46.4 Å². The molecule has 4 N–H and O–H groups in total. The molecule has 2 amide bonds. The third-order valence-corrected chi connectivity index (χ3v) is 10.2. The molecular formula is C28H43N5O11S2. The summed E-state index contributed by atoms with van der Waals surface area (Å²) in [4.78, 5) is 46.6. The van der Waals surface area contributed by atoms with Gasteiger partial charge in [0.15, 0.2) is 4.90 Å². The molecule has 2 rings (SSSR count). The molecule has 0 aliphatic heterocycles. The van der Waals surface area contributed by atoms with Crippen molar-refractivity contribution in [1.82, 2.24) is 19.1 Å². The molecule has 1 fully saturated rings. The van der Waals surface area contributed by atoms with E-state index >= 15 is 0 Å². The lowest BCUT2D eigenvalue weighted by Gasteiger charge is -2.24. The second kappa shape index (κ2) is 15.8. The van der Waals surface area contributed by atoms with E-state index in [0.717, 1.165) is 16.4 Å². The first-order chi connectivity index (χ1) is 21.3. The summed E-state index contributed by atoms with van der Waals surface area (Å²) >= 11 is 0. The molecule has 18 heteroatoms. The number of carbonyl (C=O) groups is 3. The van der Waals surface area contributed by atoms with Gasteiger partial charge in [-0.25, -0.2) is 17.9 Å². The Kier molecular flexibility index (Phi) is 13.2. The average Bonchev–Trinajstić information content (AvgIpc) is 3.66. The Labute approximate surface area is 269 Å². The number of unbranched alkanes of at least 4 members (excludes halogenated alkanes) is 5. The third-order valence-electron chi connectivity index (χ3n) is 7.22. The summed E-state index contributed by atoms with van der Waals surface area (Å²) in [7, 11) is -7.36. The van der Waals surface area contributed by atoms with Crippen molar-refractivity contribution in [2.24, 2.45) is 5.92 Å². The minimum absolute atomic E-state index is 0.0349. The molecule has 0 unspecified atom stereocenters. The Morgan fingerprint density at radius 1 is 1.13 bits per heavy atom. The molecule has 258 valence electrons. The van der Waals surface area contributed by atoms with Gasteiger partial charge in [-0.1, -0.05) is 50.3 Å². The largest absolute Gasteiger partial charge is 0.480 e. The molecule has 0 radical (unpaired) electrons. The lowest BCUT2D eigenvalue weighted by molar-refractivity contribution is -0.387. The number of benzene rings is 1. The highest BCUT2D eigenvalue weighted by atomic mass is 32.2. The van der Waals surface area contributed by atoms with Crippen molar-refractivity contribution in [3.8, 4) is 0 Å². The number of carboxylic acids is 1. The van der Waals surface area contributed by atoms with E-state index in [0.29, 0.717) is 38.5 Å². The molecule has 1 saturated carbocycles. The summed E-state index contributed by atoms with van der Waals surface area (Å²) in [5.41, 5.74) is -2.95.